The number of alkyl halides is 3. The van der Waals surface area contributed by atoms with Crippen LogP contribution in [0.5, 0.6) is 0 Å². The smallest absolute Gasteiger partial charge is 0.354 e. The van der Waals surface area contributed by atoms with E-state index < -0.39 is 11.7 Å². The van der Waals surface area contributed by atoms with Crippen LogP contribution in [-0.4, -0.2) is 42.1 Å². The van der Waals surface area contributed by atoms with Crippen molar-refractivity contribution in [2.75, 3.05) is 31.1 Å². The predicted octanol–water partition coefficient (Wildman–Crippen LogP) is 5.22. The minimum atomic E-state index is -4.31. The molecule has 0 amide bonds. The molecule has 3 nitrogen and oxygen atoms in total. The van der Waals surface area contributed by atoms with Crippen LogP contribution in [0.1, 0.15) is 37.7 Å². The molecule has 1 aromatic heterocycles. The first kappa shape index (κ1) is 19.2. The number of halogens is 3. The molecule has 0 bridgehead atoms. The van der Waals surface area contributed by atoms with Gasteiger partial charge in [0, 0.05) is 37.8 Å². The lowest BCUT2D eigenvalue weighted by Crippen LogP contribution is -2.51. The monoisotopic (exact) mass is 389 g/mol. The van der Waals surface area contributed by atoms with Gasteiger partial charge in [0.1, 0.15) is 5.82 Å². The summed E-state index contributed by atoms with van der Waals surface area (Å²) in [5, 5.41) is 0. The van der Waals surface area contributed by atoms with E-state index in [2.05, 4.69) is 9.80 Å². The van der Waals surface area contributed by atoms with E-state index in [0.717, 1.165) is 50.2 Å². The van der Waals surface area contributed by atoms with Crippen molar-refractivity contribution in [3.63, 3.8) is 0 Å². The molecule has 1 saturated heterocycles. The van der Waals surface area contributed by atoms with Crippen molar-refractivity contribution in [1.29, 1.82) is 0 Å². The molecule has 0 atom stereocenters. The van der Waals surface area contributed by atoms with E-state index in [0.29, 0.717) is 11.3 Å². The maximum atomic E-state index is 12.8. The fourth-order valence-corrected chi connectivity index (χ4v) is 4.35. The van der Waals surface area contributed by atoms with Crippen LogP contribution in [0.3, 0.4) is 0 Å². The van der Waals surface area contributed by atoms with Crippen LogP contribution < -0.4 is 4.90 Å². The highest BCUT2D eigenvalue weighted by atomic mass is 19.4. The van der Waals surface area contributed by atoms with Crippen LogP contribution in [0.25, 0.3) is 11.3 Å². The van der Waals surface area contributed by atoms with Gasteiger partial charge in [0.05, 0.1) is 11.3 Å². The standard InChI is InChI=1S/C22H26F3N3/c23-22(24,25)18-11-9-17(10-12-18)20-7-4-8-21(26-20)28-15-13-27(14-16-28)19-5-2-1-3-6-19/h4,7-12,19H,1-3,5-6,13-16H2. The van der Waals surface area contributed by atoms with Crippen molar-refractivity contribution >= 4 is 5.82 Å². The third-order valence-electron chi connectivity index (χ3n) is 5.97. The number of benzene rings is 1. The highest BCUT2D eigenvalue weighted by Crippen LogP contribution is 2.31. The van der Waals surface area contributed by atoms with Crippen molar-refractivity contribution in [3.8, 4) is 11.3 Å². The molecule has 1 saturated carbocycles. The third-order valence-corrected chi connectivity index (χ3v) is 5.97. The Kier molecular flexibility index (Phi) is 5.58. The van der Waals surface area contributed by atoms with Gasteiger partial charge in [0.15, 0.2) is 0 Å². The average molecular weight is 389 g/mol. The lowest BCUT2D eigenvalue weighted by Gasteiger charge is -2.41. The van der Waals surface area contributed by atoms with E-state index in [9.17, 15) is 13.2 Å². The summed E-state index contributed by atoms with van der Waals surface area (Å²) in [5.74, 6) is 0.903. The lowest BCUT2D eigenvalue weighted by molar-refractivity contribution is -0.137. The van der Waals surface area contributed by atoms with Crippen molar-refractivity contribution in [2.45, 2.75) is 44.3 Å². The zero-order chi connectivity index (χ0) is 19.6. The Morgan fingerprint density at radius 3 is 2.14 bits per heavy atom. The summed E-state index contributed by atoms with van der Waals surface area (Å²) >= 11 is 0. The molecular formula is C22H26F3N3. The second-order valence-corrected chi connectivity index (χ2v) is 7.77. The summed E-state index contributed by atoms with van der Waals surface area (Å²) in [6, 6.07) is 11.7. The van der Waals surface area contributed by atoms with E-state index >= 15 is 0 Å². The molecular weight excluding hydrogens is 363 g/mol. The molecule has 150 valence electrons. The number of rotatable bonds is 3. The Hall–Kier alpha value is -2.08. The van der Waals surface area contributed by atoms with Gasteiger partial charge in [0.2, 0.25) is 0 Å². The molecule has 1 aromatic carbocycles. The Bertz CT molecular complexity index is 774. The normalized spacial score (nSPS) is 19.8. The maximum Gasteiger partial charge on any atom is 0.416 e. The second-order valence-electron chi connectivity index (χ2n) is 7.77. The molecule has 0 unspecified atom stereocenters. The van der Waals surface area contributed by atoms with Crippen LogP contribution in [0.4, 0.5) is 19.0 Å². The number of aromatic nitrogens is 1. The molecule has 6 heteroatoms. The molecule has 2 aliphatic rings. The molecule has 0 radical (unpaired) electrons. The quantitative estimate of drug-likeness (QED) is 0.717. The number of hydrogen-bond acceptors (Lipinski definition) is 3. The first-order valence-corrected chi connectivity index (χ1v) is 10.1. The van der Waals surface area contributed by atoms with Crippen LogP contribution in [0.15, 0.2) is 42.5 Å². The van der Waals surface area contributed by atoms with E-state index in [-0.39, 0.29) is 0 Å². The fraction of sp³-hybridized carbons (Fsp3) is 0.500. The number of pyridine rings is 1. The highest BCUT2D eigenvalue weighted by molar-refractivity contribution is 5.62. The summed E-state index contributed by atoms with van der Waals surface area (Å²) in [4.78, 5) is 9.63. The third kappa shape index (κ3) is 4.32. The Balaban J connectivity index is 1.43. The van der Waals surface area contributed by atoms with Crippen LogP contribution in [0, 0.1) is 0 Å². The average Bonchev–Trinajstić information content (AvgIpc) is 2.74. The summed E-state index contributed by atoms with van der Waals surface area (Å²) in [5.41, 5.74) is 0.780. The van der Waals surface area contributed by atoms with Gasteiger partial charge in [-0.1, -0.05) is 37.5 Å². The summed E-state index contributed by atoms with van der Waals surface area (Å²) in [6.45, 7) is 3.99. The minimum absolute atomic E-state index is 0.633. The molecule has 2 heterocycles. The number of hydrogen-bond donors (Lipinski definition) is 0. The fourth-order valence-electron chi connectivity index (χ4n) is 4.35. The topological polar surface area (TPSA) is 19.4 Å². The zero-order valence-corrected chi connectivity index (χ0v) is 16.0. The van der Waals surface area contributed by atoms with Gasteiger partial charge in [-0.2, -0.15) is 13.2 Å². The van der Waals surface area contributed by atoms with Crippen molar-refractivity contribution < 1.29 is 13.2 Å². The first-order chi connectivity index (χ1) is 13.5. The Morgan fingerprint density at radius 2 is 1.50 bits per heavy atom. The molecule has 4 rings (SSSR count). The van der Waals surface area contributed by atoms with E-state index in [1.54, 1.807) is 0 Å². The summed E-state index contributed by atoms with van der Waals surface area (Å²) in [7, 11) is 0. The molecule has 0 N–H and O–H groups in total. The number of anilines is 1. The van der Waals surface area contributed by atoms with Gasteiger partial charge in [0.25, 0.3) is 0 Å². The van der Waals surface area contributed by atoms with Gasteiger partial charge in [-0.25, -0.2) is 4.98 Å². The lowest BCUT2D eigenvalue weighted by atomic mass is 9.94. The number of nitrogens with zero attached hydrogens (tertiary/aromatic N) is 3. The molecule has 1 aliphatic heterocycles. The van der Waals surface area contributed by atoms with Crippen molar-refractivity contribution in [3.05, 3.63) is 48.0 Å². The van der Waals surface area contributed by atoms with Gasteiger partial charge in [-0.15, -0.1) is 0 Å². The van der Waals surface area contributed by atoms with Crippen LogP contribution >= 0.6 is 0 Å². The molecule has 1 aliphatic carbocycles. The SMILES string of the molecule is FC(F)(F)c1ccc(-c2cccc(N3CCN(C4CCCCC4)CC3)n2)cc1. The maximum absolute atomic E-state index is 12.8. The van der Waals surface area contributed by atoms with Gasteiger partial charge in [-0.05, 0) is 37.1 Å². The second kappa shape index (κ2) is 8.11. The van der Waals surface area contributed by atoms with E-state index in [4.69, 9.17) is 4.98 Å². The van der Waals surface area contributed by atoms with E-state index in [1.165, 1.54) is 44.2 Å². The Morgan fingerprint density at radius 1 is 0.821 bits per heavy atom. The van der Waals surface area contributed by atoms with Gasteiger partial charge >= 0.3 is 6.18 Å². The first-order valence-electron chi connectivity index (χ1n) is 10.1. The van der Waals surface area contributed by atoms with Gasteiger partial charge in [-0.3, -0.25) is 4.90 Å². The molecule has 0 spiro atoms. The molecule has 2 aromatic rings. The van der Waals surface area contributed by atoms with Crippen LogP contribution in [-0.2, 0) is 6.18 Å². The predicted molar refractivity (Wildman–Crippen MR) is 105 cm³/mol. The molecule has 2 fully saturated rings. The van der Waals surface area contributed by atoms with E-state index in [1.807, 2.05) is 18.2 Å². The molecule has 28 heavy (non-hydrogen) atoms. The van der Waals surface area contributed by atoms with Crippen LogP contribution in [0.2, 0.25) is 0 Å². The Labute approximate surface area is 164 Å². The zero-order valence-electron chi connectivity index (χ0n) is 16.0. The minimum Gasteiger partial charge on any atom is -0.354 e. The summed E-state index contributed by atoms with van der Waals surface area (Å²) < 4.78 is 38.3. The summed E-state index contributed by atoms with van der Waals surface area (Å²) in [6.07, 6.45) is 2.40. The van der Waals surface area contributed by atoms with Crippen molar-refractivity contribution in [1.82, 2.24) is 9.88 Å². The highest BCUT2D eigenvalue weighted by Gasteiger charge is 2.30. The largest absolute Gasteiger partial charge is 0.416 e. The van der Waals surface area contributed by atoms with Crippen molar-refractivity contribution in [2.24, 2.45) is 0 Å². The number of piperazine rings is 1. The van der Waals surface area contributed by atoms with Gasteiger partial charge < -0.3 is 4.90 Å².